The second-order valence-electron chi connectivity index (χ2n) is 2.61. The molecule has 4 heteroatoms. The van der Waals surface area contributed by atoms with E-state index >= 15 is 0 Å². The Morgan fingerprint density at radius 2 is 2.33 bits per heavy atom. The quantitative estimate of drug-likeness (QED) is 0.682. The standard InChI is InChI=1S/C8H10N2O2/c1-5(8(11)12)6-2-7(9)4-10-3-6/h2-5H,9H2,1H3,(H,11,12). The Labute approximate surface area is 70.0 Å². The highest BCUT2D eigenvalue weighted by Gasteiger charge is 2.13. The van der Waals surface area contributed by atoms with Crippen LogP contribution in [0.4, 0.5) is 5.69 Å². The molecule has 64 valence electrons. The van der Waals surface area contributed by atoms with Crippen molar-refractivity contribution in [3.8, 4) is 0 Å². The predicted octanol–water partition coefficient (Wildman–Crippen LogP) is 0.852. The van der Waals surface area contributed by atoms with E-state index in [1.807, 2.05) is 0 Å². The first-order valence-corrected chi connectivity index (χ1v) is 3.54. The van der Waals surface area contributed by atoms with E-state index in [9.17, 15) is 4.79 Å². The van der Waals surface area contributed by atoms with Gasteiger partial charge in [-0.2, -0.15) is 0 Å². The Bertz CT molecular complexity index is 299. The van der Waals surface area contributed by atoms with E-state index in [0.717, 1.165) is 0 Å². The minimum atomic E-state index is -0.873. The number of rotatable bonds is 2. The van der Waals surface area contributed by atoms with Crippen LogP contribution in [0.15, 0.2) is 18.5 Å². The summed E-state index contributed by atoms with van der Waals surface area (Å²) in [5, 5.41) is 8.66. The van der Waals surface area contributed by atoms with E-state index in [0.29, 0.717) is 11.3 Å². The van der Waals surface area contributed by atoms with Gasteiger partial charge in [-0.05, 0) is 18.6 Å². The lowest BCUT2D eigenvalue weighted by molar-refractivity contribution is -0.138. The van der Waals surface area contributed by atoms with Gasteiger partial charge in [0.2, 0.25) is 0 Å². The molecule has 0 aliphatic rings. The summed E-state index contributed by atoms with van der Waals surface area (Å²) in [4.78, 5) is 14.3. The van der Waals surface area contributed by atoms with Gasteiger partial charge in [-0.3, -0.25) is 9.78 Å². The van der Waals surface area contributed by atoms with Crippen LogP contribution in [0.3, 0.4) is 0 Å². The molecule has 1 rings (SSSR count). The predicted molar refractivity (Wildman–Crippen MR) is 44.7 cm³/mol. The number of carboxylic acids is 1. The van der Waals surface area contributed by atoms with Crippen LogP contribution in [0, 0.1) is 0 Å². The van der Waals surface area contributed by atoms with Gasteiger partial charge >= 0.3 is 5.97 Å². The van der Waals surface area contributed by atoms with Crippen molar-refractivity contribution < 1.29 is 9.90 Å². The zero-order valence-corrected chi connectivity index (χ0v) is 6.69. The van der Waals surface area contributed by atoms with Crippen LogP contribution in [-0.2, 0) is 4.79 Å². The van der Waals surface area contributed by atoms with Crippen LogP contribution in [0.2, 0.25) is 0 Å². The highest BCUT2D eigenvalue weighted by atomic mass is 16.4. The fraction of sp³-hybridized carbons (Fsp3) is 0.250. The molecule has 1 atom stereocenters. The number of aromatic nitrogens is 1. The molecule has 0 amide bonds. The lowest BCUT2D eigenvalue weighted by Gasteiger charge is -2.05. The van der Waals surface area contributed by atoms with Crippen LogP contribution in [0.25, 0.3) is 0 Å². The minimum Gasteiger partial charge on any atom is -0.481 e. The second kappa shape index (κ2) is 3.21. The van der Waals surface area contributed by atoms with Gasteiger partial charge in [0.15, 0.2) is 0 Å². The zero-order valence-electron chi connectivity index (χ0n) is 6.69. The number of carboxylic acid groups (broad SMARTS) is 1. The summed E-state index contributed by atoms with van der Waals surface area (Å²) >= 11 is 0. The molecule has 0 radical (unpaired) electrons. The number of nitrogens with zero attached hydrogens (tertiary/aromatic N) is 1. The fourth-order valence-electron chi connectivity index (χ4n) is 0.856. The monoisotopic (exact) mass is 166 g/mol. The maximum absolute atomic E-state index is 10.5. The van der Waals surface area contributed by atoms with Crippen LogP contribution in [0.5, 0.6) is 0 Å². The van der Waals surface area contributed by atoms with Crippen molar-refractivity contribution in [3.63, 3.8) is 0 Å². The summed E-state index contributed by atoms with van der Waals surface area (Å²) in [7, 11) is 0. The number of anilines is 1. The van der Waals surface area contributed by atoms with E-state index in [1.165, 1.54) is 12.4 Å². The second-order valence-corrected chi connectivity index (χ2v) is 2.61. The molecule has 12 heavy (non-hydrogen) atoms. The van der Waals surface area contributed by atoms with Gasteiger partial charge in [-0.15, -0.1) is 0 Å². The van der Waals surface area contributed by atoms with Crippen LogP contribution < -0.4 is 5.73 Å². The van der Waals surface area contributed by atoms with E-state index < -0.39 is 11.9 Å². The summed E-state index contributed by atoms with van der Waals surface area (Å²) in [6, 6.07) is 1.62. The maximum Gasteiger partial charge on any atom is 0.310 e. The van der Waals surface area contributed by atoms with Crippen molar-refractivity contribution in [1.82, 2.24) is 4.98 Å². The van der Waals surface area contributed by atoms with Crippen LogP contribution in [0.1, 0.15) is 18.4 Å². The number of aliphatic carboxylic acids is 1. The van der Waals surface area contributed by atoms with Crippen molar-refractivity contribution in [2.75, 3.05) is 5.73 Å². The summed E-state index contributed by atoms with van der Waals surface area (Å²) < 4.78 is 0. The first kappa shape index (κ1) is 8.52. The highest BCUT2D eigenvalue weighted by molar-refractivity contribution is 5.75. The molecule has 3 N–H and O–H groups in total. The molecule has 0 fully saturated rings. The number of carbonyl (C=O) groups is 1. The molecule has 0 aromatic carbocycles. The molecule has 4 nitrogen and oxygen atoms in total. The number of hydrogen-bond donors (Lipinski definition) is 2. The van der Waals surface area contributed by atoms with Crippen LogP contribution >= 0.6 is 0 Å². The topological polar surface area (TPSA) is 76.2 Å². The third-order valence-electron chi connectivity index (χ3n) is 1.65. The minimum absolute atomic E-state index is 0.487. The molecule has 1 aromatic heterocycles. The highest BCUT2D eigenvalue weighted by Crippen LogP contribution is 2.15. The third kappa shape index (κ3) is 1.72. The molecule has 1 aromatic rings. The first-order chi connectivity index (χ1) is 5.61. The molecule has 0 saturated heterocycles. The lowest BCUT2D eigenvalue weighted by atomic mass is 10.0. The molecule has 0 spiro atoms. The number of nitrogens with two attached hydrogens (primary N) is 1. The molecule has 0 bridgehead atoms. The first-order valence-electron chi connectivity index (χ1n) is 3.54. The van der Waals surface area contributed by atoms with Gasteiger partial charge in [-0.1, -0.05) is 0 Å². The molecule has 0 saturated carbocycles. The Kier molecular flexibility index (Phi) is 2.28. The summed E-state index contributed by atoms with van der Waals surface area (Å²) in [5.41, 5.74) is 6.56. The number of hydrogen-bond acceptors (Lipinski definition) is 3. The SMILES string of the molecule is CC(C(=O)O)c1cncc(N)c1. The Morgan fingerprint density at radius 3 is 2.83 bits per heavy atom. The van der Waals surface area contributed by atoms with Gasteiger partial charge in [0.25, 0.3) is 0 Å². The average Bonchev–Trinajstić information content (AvgIpc) is 2.03. The van der Waals surface area contributed by atoms with E-state index in [2.05, 4.69) is 4.98 Å². The van der Waals surface area contributed by atoms with Crippen molar-refractivity contribution in [2.45, 2.75) is 12.8 Å². The van der Waals surface area contributed by atoms with E-state index in [4.69, 9.17) is 10.8 Å². The van der Waals surface area contributed by atoms with Crippen LogP contribution in [-0.4, -0.2) is 16.1 Å². The summed E-state index contributed by atoms with van der Waals surface area (Å²) in [5.74, 6) is -1.43. The van der Waals surface area contributed by atoms with E-state index in [1.54, 1.807) is 13.0 Å². The summed E-state index contributed by atoms with van der Waals surface area (Å²) in [6.45, 7) is 1.60. The number of nitrogen functional groups attached to an aromatic ring is 1. The Balaban J connectivity index is 2.95. The van der Waals surface area contributed by atoms with Gasteiger partial charge in [0, 0.05) is 12.4 Å². The molecular formula is C8H10N2O2. The molecule has 1 heterocycles. The smallest absolute Gasteiger partial charge is 0.310 e. The molecule has 0 aliphatic carbocycles. The maximum atomic E-state index is 10.5. The zero-order chi connectivity index (χ0) is 9.14. The van der Waals surface area contributed by atoms with Gasteiger partial charge < -0.3 is 10.8 Å². The van der Waals surface area contributed by atoms with Gasteiger partial charge in [-0.25, -0.2) is 0 Å². The normalized spacial score (nSPS) is 12.4. The molecule has 1 unspecified atom stereocenters. The molecule has 0 aliphatic heterocycles. The Morgan fingerprint density at radius 1 is 1.67 bits per heavy atom. The third-order valence-corrected chi connectivity index (χ3v) is 1.65. The Hall–Kier alpha value is -1.58. The van der Waals surface area contributed by atoms with Crippen molar-refractivity contribution in [2.24, 2.45) is 0 Å². The van der Waals surface area contributed by atoms with Crippen molar-refractivity contribution in [1.29, 1.82) is 0 Å². The lowest BCUT2D eigenvalue weighted by Crippen LogP contribution is -2.07. The van der Waals surface area contributed by atoms with Gasteiger partial charge in [0.1, 0.15) is 0 Å². The van der Waals surface area contributed by atoms with Crippen molar-refractivity contribution >= 4 is 11.7 Å². The summed E-state index contributed by atoms with van der Waals surface area (Å²) in [6.07, 6.45) is 2.99. The van der Waals surface area contributed by atoms with E-state index in [-0.39, 0.29) is 0 Å². The largest absolute Gasteiger partial charge is 0.481 e. The van der Waals surface area contributed by atoms with Gasteiger partial charge in [0.05, 0.1) is 11.6 Å². The van der Waals surface area contributed by atoms with Crippen molar-refractivity contribution in [3.05, 3.63) is 24.0 Å². The number of pyridine rings is 1. The average molecular weight is 166 g/mol. The fourth-order valence-corrected chi connectivity index (χ4v) is 0.856. The molecular weight excluding hydrogens is 156 g/mol.